The van der Waals surface area contributed by atoms with Crippen LogP contribution in [0.5, 0.6) is 0 Å². The van der Waals surface area contributed by atoms with E-state index < -0.39 is 0 Å². The summed E-state index contributed by atoms with van der Waals surface area (Å²) >= 11 is 0. The van der Waals surface area contributed by atoms with Crippen LogP contribution < -0.4 is 5.56 Å². The van der Waals surface area contributed by atoms with E-state index in [9.17, 15) is 14.0 Å². The van der Waals surface area contributed by atoms with Crippen LogP contribution in [0, 0.1) is 11.2 Å². The lowest BCUT2D eigenvalue weighted by atomic mass is 9.79. The van der Waals surface area contributed by atoms with Crippen LogP contribution in [0.4, 0.5) is 4.39 Å². The molecule has 1 spiro atoms. The molecule has 1 amide bonds. The average molecular weight is 449 g/mol. The molecule has 2 aromatic carbocycles. The number of amides is 1. The highest BCUT2D eigenvalue weighted by molar-refractivity contribution is 5.77. The van der Waals surface area contributed by atoms with Crippen molar-refractivity contribution in [2.24, 2.45) is 5.41 Å². The van der Waals surface area contributed by atoms with E-state index >= 15 is 0 Å². The number of fused-ring (bicyclic) bond motifs is 1. The number of rotatable bonds is 5. The van der Waals surface area contributed by atoms with Gasteiger partial charge in [-0.05, 0) is 44.0 Å². The van der Waals surface area contributed by atoms with E-state index in [1.54, 1.807) is 12.1 Å². The van der Waals surface area contributed by atoms with E-state index in [1.807, 2.05) is 35.2 Å². The van der Waals surface area contributed by atoms with Crippen LogP contribution in [-0.2, 0) is 17.9 Å². The van der Waals surface area contributed by atoms with E-state index in [2.05, 4.69) is 9.88 Å². The van der Waals surface area contributed by atoms with Gasteiger partial charge in [-0.25, -0.2) is 9.37 Å². The number of carbonyl (C=O) groups excluding carboxylic acids is 1. The third-order valence-electron chi connectivity index (χ3n) is 7.18. The predicted octanol–water partition coefficient (Wildman–Crippen LogP) is 3.44. The lowest BCUT2D eigenvalue weighted by Gasteiger charge is -2.40. The molecule has 172 valence electrons. The molecule has 2 aliphatic heterocycles. The van der Waals surface area contributed by atoms with Gasteiger partial charge in [-0.1, -0.05) is 30.3 Å². The summed E-state index contributed by atoms with van der Waals surface area (Å²) in [7, 11) is 0. The Morgan fingerprint density at radius 2 is 1.85 bits per heavy atom. The first-order valence-corrected chi connectivity index (χ1v) is 11.7. The molecule has 33 heavy (non-hydrogen) atoms. The molecule has 1 unspecified atom stereocenters. The zero-order chi connectivity index (χ0) is 22.8. The highest BCUT2D eigenvalue weighted by Gasteiger charge is 2.42. The van der Waals surface area contributed by atoms with Crippen molar-refractivity contribution in [1.29, 1.82) is 0 Å². The van der Waals surface area contributed by atoms with Crippen LogP contribution in [-0.4, -0.2) is 51.4 Å². The predicted molar refractivity (Wildman–Crippen MR) is 125 cm³/mol. The number of hydrogen-bond donors (Lipinski definition) is 0. The summed E-state index contributed by atoms with van der Waals surface area (Å²) in [6.07, 6.45) is 4.96. The molecule has 1 atom stereocenters. The fourth-order valence-electron chi connectivity index (χ4n) is 5.43. The molecule has 2 aliphatic rings. The van der Waals surface area contributed by atoms with Crippen molar-refractivity contribution in [3.63, 3.8) is 0 Å². The molecular formula is C26H29FN4O2. The Morgan fingerprint density at radius 1 is 1.03 bits per heavy atom. The molecule has 5 rings (SSSR count). The molecule has 2 fully saturated rings. The first-order valence-electron chi connectivity index (χ1n) is 11.7. The van der Waals surface area contributed by atoms with Crippen molar-refractivity contribution >= 4 is 16.8 Å². The molecule has 3 heterocycles. The van der Waals surface area contributed by atoms with Gasteiger partial charge in [0.05, 0.1) is 17.2 Å². The lowest BCUT2D eigenvalue weighted by Crippen LogP contribution is -2.45. The van der Waals surface area contributed by atoms with Gasteiger partial charge in [-0.15, -0.1) is 0 Å². The first-order chi connectivity index (χ1) is 16.0. The molecule has 7 heteroatoms. The molecule has 0 N–H and O–H groups in total. The smallest absolute Gasteiger partial charge is 0.261 e. The number of nitrogens with zero attached hydrogens (tertiary/aromatic N) is 4. The highest BCUT2D eigenvalue weighted by Crippen LogP contribution is 2.39. The lowest BCUT2D eigenvalue weighted by molar-refractivity contribution is -0.131. The van der Waals surface area contributed by atoms with Crippen molar-refractivity contribution in [2.45, 2.75) is 38.8 Å². The standard InChI is InChI=1S/C26H29FN4O2/c27-22-8-3-1-6-20(22)16-29-13-5-11-26(17-29)12-15-30(18-26)24(32)10-14-31-19-28-23-9-4-2-7-21(23)25(31)33/h1-4,6-9,19H,5,10-18H2. The van der Waals surface area contributed by atoms with Crippen molar-refractivity contribution in [1.82, 2.24) is 19.4 Å². The Balaban J connectivity index is 1.20. The van der Waals surface area contributed by atoms with E-state index in [0.29, 0.717) is 24.0 Å². The second-order valence-electron chi connectivity index (χ2n) is 9.48. The van der Waals surface area contributed by atoms with Crippen molar-refractivity contribution < 1.29 is 9.18 Å². The number of aromatic nitrogens is 2. The summed E-state index contributed by atoms with van der Waals surface area (Å²) in [6, 6.07) is 14.2. The number of hydrogen-bond acceptors (Lipinski definition) is 4. The quantitative estimate of drug-likeness (QED) is 0.600. The molecule has 0 saturated carbocycles. The number of para-hydroxylation sites is 1. The van der Waals surface area contributed by atoms with E-state index in [1.165, 1.54) is 17.0 Å². The molecule has 1 aromatic heterocycles. The summed E-state index contributed by atoms with van der Waals surface area (Å²) < 4.78 is 15.6. The molecule has 0 bridgehead atoms. The molecule has 6 nitrogen and oxygen atoms in total. The monoisotopic (exact) mass is 448 g/mol. The summed E-state index contributed by atoms with van der Waals surface area (Å²) in [5.41, 5.74) is 1.38. The van der Waals surface area contributed by atoms with Gasteiger partial charge in [0.2, 0.25) is 5.91 Å². The van der Waals surface area contributed by atoms with Crippen LogP contribution in [0.25, 0.3) is 10.9 Å². The van der Waals surface area contributed by atoms with Crippen molar-refractivity contribution in [3.05, 3.63) is 76.6 Å². The number of piperidine rings is 1. The van der Waals surface area contributed by atoms with Gasteiger partial charge in [0.15, 0.2) is 0 Å². The molecule has 3 aromatic rings. The van der Waals surface area contributed by atoms with E-state index in [4.69, 9.17) is 0 Å². The van der Waals surface area contributed by atoms with Gasteiger partial charge in [-0.3, -0.25) is 19.1 Å². The minimum atomic E-state index is -0.154. The van der Waals surface area contributed by atoms with Gasteiger partial charge in [0, 0.05) is 50.1 Å². The van der Waals surface area contributed by atoms with Crippen LogP contribution in [0.2, 0.25) is 0 Å². The highest BCUT2D eigenvalue weighted by atomic mass is 19.1. The van der Waals surface area contributed by atoms with Gasteiger partial charge in [0.1, 0.15) is 5.82 Å². The third kappa shape index (κ3) is 4.55. The van der Waals surface area contributed by atoms with E-state index in [0.717, 1.165) is 51.0 Å². The second-order valence-corrected chi connectivity index (χ2v) is 9.48. The summed E-state index contributed by atoms with van der Waals surface area (Å²) in [6.45, 7) is 4.28. The maximum Gasteiger partial charge on any atom is 0.261 e. The number of aryl methyl sites for hydroxylation is 1. The van der Waals surface area contributed by atoms with Crippen LogP contribution in [0.15, 0.2) is 59.7 Å². The molecule has 0 aliphatic carbocycles. The number of carbonyl (C=O) groups is 1. The Bertz CT molecular complexity index is 1230. The minimum absolute atomic E-state index is 0.0816. The van der Waals surface area contributed by atoms with Gasteiger partial charge in [0.25, 0.3) is 5.56 Å². The Labute approximate surface area is 192 Å². The molecular weight excluding hydrogens is 419 g/mol. The number of halogens is 1. The summed E-state index contributed by atoms with van der Waals surface area (Å²) in [4.78, 5) is 34.3. The van der Waals surface area contributed by atoms with Crippen LogP contribution in [0.3, 0.4) is 0 Å². The van der Waals surface area contributed by atoms with Gasteiger partial charge < -0.3 is 4.90 Å². The zero-order valence-corrected chi connectivity index (χ0v) is 18.8. The summed E-state index contributed by atoms with van der Waals surface area (Å²) in [5.74, 6) is -0.0723. The topological polar surface area (TPSA) is 58.4 Å². The largest absolute Gasteiger partial charge is 0.342 e. The van der Waals surface area contributed by atoms with Crippen molar-refractivity contribution in [3.8, 4) is 0 Å². The molecule has 2 saturated heterocycles. The maximum atomic E-state index is 14.1. The first kappa shape index (κ1) is 21.8. The van der Waals surface area contributed by atoms with Gasteiger partial charge >= 0.3 is 0 Å². The van der Waals surface area contributed by atoms with Crippen LogP contribution in [0.1, 0.15) is 31.2 Å². The average Bonchev–Trinajstić information content (AvgIpc) is 3.23. The number of benzene rings is 2. The molecule has 0 radical (unpaired) electrons. The Kier molecular flexibility index (Phi) is 5.98. The fraction of sp³-hybridized carbons (Fsp3) is 0.423. The second kappa shape index (κ2) is 9.06. The third-order valence-corrected chi connectivity index (χ3v) is 7.18. The fourth-order valence-corrected chi connectivity index (χ4v) is 5.43. The zero-order valence-electron chi connectivity index (χ0n) is 18.8. The minimum Gasteiger partial charge on any atom is -0.342 e. The van der Waals surface area contributed by atoms with E-state index in [-0.39, 0.29) is 29.1 Å². The maximum absolute atomic E-state index is 14.1. The van der Waals surface area contributed by atoms with Gasteiger partial charge in [-0.2, -0.15) is 0 Å². The van der Waals surface area contributed by atoms with Crippen LogP contribution >= 0.6 is 0 Å². The normalized spacial score (nSPS) is 21.2. The Hall–Kier alpha value is -3.06. The number of likely N-dealkylation sites (tertiary alicyclic amines) is 2. The Morgan fingerprint density at radius 3 is 2.73 bits per heavy atom. The SMILES string of the molecule is O=C(CCn1cnc2ccccc2c1=O)N1CCC2(CCCN(Cc3ccccc3F)C2)C1. The summed E-state index contributed by atoms with van der Waals surface area (Å²) in [5, 5.41) is 0.574. The van der Waals surface area contributed by atoms with Crippen molar-refractivity contribution in [2.75, 3.05) is 26.2 Å².